The Balaban J connectivity index is 2.57. The van der Waals surface area contributed by atoms with Crippen molar-refractivity contribution in [1.82, 2.24) is 4.90 Å². The highest BCUT2D eigenvalue weighted by Gasteiger charge is 2.20. The number of nitrogens with zero attached hydrogens (tertiary/aromatic N) is 1. The van der Waals surface area contributed by atoms with Gasteiger partial charge in [0.2, 0.25) is 0 Å². The molecule has 1 amide bonds. The first-order chi connectivity index (χ1) is 7.58. The molecule has 6 heteroatoms. The van der Waals surface area contributed by atoms with Crippen LogP contribution in [-0.4, -0.2) is 37.6 Å². The fourth-order valence-corrected chi connectivity index (χ4v) is 1.63. The number of likely N-dealkylation sites (N-methyl/N-ethyl adjacent to an activating group) is 1. The van der Waals surface area contributed by atoms with E-state index in [-0.39, 0.29) is 12.5 Å². The molecule has 1 aromatic heterocycles. The molecule has 1 atom stereocenters. The Morgan fingerprint density at radius 2 is 2.38 bits per heavy atom. The van der Waals surface area contributed by atoms with Crippen LogP contribution in [0.1, 0.15) is 5.76 Å². The number of ether oxygens (including phenoxy) is 1. The zero-order chi connectivity index (χ0) is 12.1. The predicted molar refractivity (Wildman–Crippen MR) is 62.7 cm³/mol. The number of methoxy groups -OCH3 is 1. The molecule has 0 bridgehead atoms. The van der Waals surface area contributed by atoms with Crippen LogP contribution in [0.15, 0.2) is 21.2 Å². The molecule has 0 aliphatic heterocycles. The summed E-state index contributed by atoms with van der Waals surface area (Å²) in [6, 6.07) is 3.59. The summed E-state index contributed by atoms with van der Waals surface area (Å²) >= 11 is 3.20. The highest BCUT2D eigenvalue weighted by molar-refractivity contribution is 9.10. The van der Waals surface area contributed by atoms with Gasteiger partial charge in [0.25, 0.3) is 5.91 Å². The van der Waals surface area contributed by atoms with Crippen LogP contribution in [0.2, 0.25) is 0 Å². The normalized spacial score (nSPS) is 12.5. The molecule has 16 heavy (non-hydrogen) atoms. The first-order valence-corrected chi connectivity index (χ1v) is 5.59. The number of rotatable bonds is 5. The quantitative estimate of drug-likeness (QED) is 0.878. The van der Waals surface area contributed by atoms with Crippen LogP contribution in [0.5, 0.6) is 0 Å². The van der Waals surface area contributed by atoms with Crippen molar-refractivity contribution in [3.63, 3.8) is 0 Å². The smallest absolute Gasteiger partial charge is 0.253 e. The zero-order valence-corrected chi connectivity index (χ0v) is 10.9. The number of carbonyl (C=O) groups is 1. The highest BCUT2D eigenvalue weighted by atomic mass is 79.9. The summed E-state index contributed by atoms with van der Waals surface area (Å²) in [5, 5.41) is 0. The van der Waals surface area contributed by atoms with Crippen molar-refractivity contribution in [3.8, 4) is 0 Å². The third-order valence-electron chi connectivity index (χ3n) is 2.17. The standard InChI is InChI=1S/C10H15BrN2O3/c1-13(10(14)8(5-12)15-2)6-7-3-4-9(11)16-7/h3-4,8H,5-6,12H2,1-2H3. The summed E-state index contributed by atoms with van der Waals surface area (Å²) in [5.74, 6) is 0.548. The van der Waals surface area contributed by atoms with E-state index in [4.69, 9.17) is 14.9 Å². The lowest BCUT2D eigenvalue weighted by atomic mass is 10.3. The predicted octanol–water partition coefficient (Wildman–Crippen LogP) is 0.974. The number of furan rings is 1. The van der Waals surface area contributed by atoms with E-state index in [0.29, 0.717) is 17.0 Å². The second kappa shape index (κ2) is 6.03. The average molecular weight is 291 g/mol. The molecule has 2 N–H and O–H groups in total. The minimum atomic E-state index is -0.594. The Kier molecular flexibility index (Phi) is 4.98. The van der Waals surface area contributed by atoms with Crippen LogP contribution in [-0.2, 0) is 16.1 Å². The summed E-state index contributed by atoms with van der Waals surface area (Å²) in [6.45, 7) is 0.561. The molecular formula is C10H15BrN2O3. The van der Waals surface area contributed by atoms with Crippen molar-refractivity contribution in [2.24, 2.45) is 5.73 Å². The van der Waals surface area contributed by atoms with Gasteiger partial charge in [-0.25, -0.2) is 0 Å². The molecule has 0 aromatic carbocycles. The second-order valence-corrected chi connectivity index (χ2v) is 4.14. The van der Waals surface area contributed by atoms with Gasteiger partial charge < -0.3 is 19.8 Å². The summed E-state index contributed by atoms with van der Waals surface area (Å²) in [6.07, 6.45) is -0.594. The van der Waals surface area contributed by atoms with Crippen LogP contribution in [0.3, 0.4) is 0 Å². The molecular weight excluding hydrogens is 276 g/mol. The van der Waals surface area contributed by atoms with Crippen molar-refractivity contribution in [2.75, 3.05) is 20.7 Å². The molecule has 0 saturated carbocycles. The van der Waals surface area contributed by atoms with Gasteiger partial charge in [0, 0.05) is 20.7 Å². The molecule has 0 aliphatic carbocycles. The number of hydrogen-bond donors (Lipinski definition) is 1. The van der Waals surface area contributed by atoms with E-state index >= 15 is 0 Å². The molecule has 90 valence electrons. The lowest BCUT2D eigenvalue weighted by Gasteiger charge is -2.20. The van der Waals surface area contributed by atoms with Gasteiger partial charge in [0.05, 0.1) is 6.54 Å². The molecule has 1 rings (SSSR count). The zero-order valence-electron chi connectivity index (χ0n) is 9.27. The van der Waals surface area contributed by atoms with Gasteiger partial charge in [0.1, 0.15) is 11.9 Å². The van der Waals surface area contributed by atoms with Crippen LogP contribution in [0.25, 0.3) is 0 Å². The van der Waals surface area contributed by atoms with E-state index in [9.17, 15) is 4.79 Å². The molecule has 0 fully saturated rings. The Morgan fingerprint density at radius 3 is 2.81 bits per heavy atom. The Morgan fingerprint density at radius 1 is 1.69 bits per heavy atom. The van der Waals surface area contributed by atoms with Crippen molar-refractivity contribution >= 4 is 21.8 Å². The second-order valence-electron chi connectivity index (χ2n) is 3.36. The van der Waals surface area contributed by atoms with Crippen molar-refractivity contribution in [1.29, 1.82) is 0 Å². The maximum Gasteiger partial charge on any atom is 0.253 e. The number of amides is 1. The van der Waals surface area contributed by atoms with E-state index in [1.165, 1.54) is 12.0 Å². The first-order valence-electron chi connectivity index (χ1n) is 4.80. The van der Waals surface area contributed by atoms with Crippen LogP contribution in [0, 0.1) is 0 Å². The van der Waals surface area contributed by atoms with E-state index in [2.05, 4.69) is 15.9 Å². The number of hydrogen-bond acceptors (Lipinski definition) is 4. The van der Waals surface area contributed by atoms with Gasteiger partial charge in [-0.1, -0.05) is 0 Å². The van der Waals surface area contributed by atoms with E-state index in [0.717, 1.165) is 0 Å². The van der Waals surface area contributed by atoms with Gasteiger partial charge in [-0.2, -0.15) is 0 Å². The Bertz CT molecular complexity index is 350. The number of carbonyl (C=O) groups excluding carboxylic acids is 1. The van der Waals surface area contributed by atoms with Crippen molar-refractivity contribution in [2.45, 2.75) is 12.6 Å². The Labute approximate surface area is 103 Å². The minimum Gasteiger partial charge on any atom is -0.452 e. The van der Waals surface area contributed by atoms with Gasteiger partial charge in [-0.15, -0.1) is 0 Å². The van der Waals surface area contributed by atoms with Gasteiger partial charge in [0.15, 0.2) is 4.67 Å². The van der Waals surface area contributed by atoms with Crippen molar-refractivity contribution < 1.29 is 13.9 Å². The summed E-state index contributed by atoms with van der Waals surface area (Å²) < 4.78 is 10.9. The monoisotopic (exact) mass is 290 g/mol. The fraction of sp³-hybridized carbons (Fsp3) is 0.500. The summed E-state index contributed by atoms with van der Waals surface area (Å²) in [5.41, 5.74) is 5.42. The summed E-state index contributed by atoms with van der Waals surface area (Å²) in [4.78, 5) is 13.3. The van der Waals surface area contributed by atoms with Gasteiger partial charge in [-0.3, -0.25) is 4.79 Å². The van der Waals surface area contributed by atoms with Gasteiger partial charge >= 0.3 is 0 Å². The molecule has 1 heterocycles. The van der Waals surface area contributed by atoms with Gasteiger partial charge in [-0.05, 0) is 28.1 Å². The molecule has 5 nitrogen and oxygen atoms in total. The largest absolute Gasteiger partial charge is 0.452 e. The number of nitrogens with two attached hydrogens (primary N) is 1. The lowest BCUT2D eigenvalue weighted by Crippen LogP contribution is -2.41. The average Bonchev–Trinajstić information content (AvgIpc) is 2.65. The third kappa shape index (κ3) is 3.33. The summed E-state index contributed by atoms with van der Waals surface area (Å²) in [7, 11) is 3.15. The maximum absolute atomic E-state index is 11.8. The van der Waals surface area contributed by atoms with E-state index < -0.39 is 6.10 Å². The molecule has 1 unspecified atom stereocenters. The minimum absolute atomic E-state index is 0.155. The van der Waals surface area contributed by atoms with Crippen LogP contribution < -0.4 is 5.73 Å². The van der Waals surface area contributed by atoms with Crippen LogP contribution >= 0.6 is 15.9 Å². The highest BCUT2D eigenvalue weighted by Crippen LogP contribution is 2.15. The molecule has 0 spiro atoms. The molecule has 0 radical (unpaired) electrons. The maximum atomic E-state index is 11.8. The first kappa shape index (κ1) is 13.2. The lowest BCUT2D eigenvalue weighted by molar-refractivity contribution is -0.140. The van der Waals surface area contributed by atoms with E-state index in [1.54, 1.807) is 19.2 Å². The number of halogens is 1. The fourth-order valence-electron chi connectivity index (χ4n) is 1.29. The molecule has 1 aromatic rings. The Hall–Kier alpha value is -0.850. The van der Waals surface area contributed by atoms with E-state index in [1.807, 2.05) is 0 Å². The molecule has 0 saturated heterocycles. The molecule has 0 aliphatic rings. The van der Waals surface area contributed by atoms with Crippen molar-refractivity contribution in [3.05, 3.63) is 22.6 Å². The SMILES string of the molecule is COC(CN)C(=O)N(C)Cc1ccc(Br)o1. The third-order valence-corrected chi connectivity index (χ3v) is 2.60. The topological polar surface area (TPSA) is 68.7 Å². The van der Waals surface area contributed by atoms with Crippen LogP contribution in [0.4, 0.5) is 0 Å².